The minimum atomic E-state index is 0.269. The molecule has 4 atom stereocenters. The Bertz CT molecular complexity index is 734. The van der Waals surface area contributed by atoms with Gasteiger partial charge in [0.2, 0.25) is 18.0 Å². The predicted molar refractivity (Wildman–Crippen MR) is 94.4 cm³/mol. The van der Waals surface area contributed by atoms with Gasteiger partial charge in [-0.2, -0.15) is 5.10 Å². The van der Waals surface area contributed by atoms with Crippen LogP contribution in [-0.2, 0) is 9.59 Å². The lowest BCUT2D eigenvalue weighted by Crippen LogP contribution is -2.27. The molecule has 0 bridgehead atoms. The van der Waals surface area contributed by atoms with Crippen molar-refractivity contribution in [3.05, 3.63) is 22.8 Å². The van der Waals surface area contributed by atoms with E-state index in [4.69, 9.17) is 0 Å². The van der Waals surface area contributed by atoms with Gasteiger partial charge >= 0.3 is 0 Å². The highest BCUT2D eigenvalue weighted by Gasteiger charge is 2.37. The zero-order valence-electron chi connectivity index (χ0n) is 14.0. The van der Waals surface area contributed by atoms with Crippen LogP contribution < -0.4 is 10.6 Å². The quantitative estimate of drug-likeness (QED) is 0.766. The van der Waals surface area contributed by atoms with Gasteiger partial charge < -0.3 is 10.6 Å². The van der Waals surface area contributed by atoms with Crippen molar-refractivity contribution in [3.63, 3.8) is 0 Å². The number of nitrogens with one attached hydrogen (secondary N) is 2. The summed E-state index contributed by atoms with van der Waals surface area (Å²) in [6.45, 7) is 4.46. The molecule has 2 aromatic rings. The van der Waals surface area contributed by atoms with Crippen LogP contribution >= 0.6 is 11.3 Å². The molecule has 8 nitrogen and oxygen atoms in total. The molecule has 1 aliphatic carbocycles. The Morgan fingerprint density at radius 2 is 1.72 bits per heavy atom. The Labute approximate surface area is 149 Å². The lowest BCUT2D eigenvalue weighted by atomic mass is 9.68. The molecule has 1 aliphatic rings. The normalized spacial score (nSPS) is 26.0. The first-order valence-electron chi connectivity index (χ1n) is 8.19. The Balaban J connectivity index is 1.79. The molecule has 25 heavy (non-hydrogen) atoms. The van der Waals surface area contributed by atoms with Gasteiger partial charge in [-0.25, -0.2) is 0 Å². The second-order valence-corrected chi connectivity index (χ2v) is 7.46. The van der Waals surface area contributed by atoms with Crippen molar-refractivity contribution in [1.29, 1.82) is 0 Å². The molecule has 3 rings (SSSR count). The third-order valence-electron chi connectivity index (χ3n) is 4.84. The number of amides is 2. The predicted octanol–water partition coefficient (Wildman–Crippen LogP) is 2.40. The first-order chi connectivity index (χ1) is 12.1. The molecule has 0 spiro atoms. The van der Waals surface area contributed by atoms with Crippen LogP contribution in [-0.4, -0.2) is 33.2 Å². The van der Waals surface area contributed by atoms with E-state index in [9.17, 15) is 9.59 Å². The van der Waals surface area contributed by atoms with Crippen LogP contribution in [0.25, 0.3) is 0 Å². The topological polar surface area (TPSA) is 110 Å². The molecule has 1 saturated carbocycles. The van der Waals surface area contributed by atoms with Crippen LogP contribution in [0.5, 0.6) is 0 Å². The molecule has 3 unspecified atom stereocenters. The number of carbonyl (C=O) groups is 2. The Morgan fingerprint density at radius 1 is 0.960 bits per heavy atom. The van der Waals surface area contributed by atoms with Gasteiger partial charge in [-0.15, -0.1) is 15.3 Å². The summed E-state index contributed by atoms with van der Waals surface area (Å²) in [7, 11) is 0. The van der Waals surface area contributed by atoms with E-state index in [1.807, 2.05) is 6.07 Å². The van der Waals surface area contributed by atoms with Gasteiger partial charge in [-0.3, -0.25) is 9.59 Å². The fraction of sp³-hybridized carbons (Fsp3) is 0.500. The summed E-state index contributed by atoms with van der Waals surface area (Å²) in [5, 5.41) is 23.2. The number of rotatable bonds is 6. The molecule has 0 aromatic carbocycles. The molecule has 2 heterocycles. The highest BCUT2D eigenvalue weighted by atomic mass is 32.1. The minimum absolute atomic E-state index is 0.269. The summed E-state index contributed by atoms with van der Waals surface area (Å²) in [4.78, 5) is 21.0. The third-order valence-corrected chi connectivity index (χ3v) is 5.82. The zero-order chi connectivity index (χ0) is 17.8. The molecular weight excluding hydrogens is 340 g/mol. The Morgan fingerprint density at radius 3 is 2.40 bits per heavy atom. The lowest BCUT2D eigenvalue weighted by molar-refractivity contribution is -0.106. The van der Waals surface area contributed by atoms with Crippen LogP contribution in [0.15, 0.2) is 12.1 Å². The maximum atomic E-state index is 10.6. The molecule has 2 amide bonds. The summed E-state index contributed by atoms with van der Waals surface area (Å²) in [6, 6.07) is 3.69. The lowest BCUT2D eigenvalue weighted by Gasteiger charge is -2.37. The second-order valence-electron chi connectivity index (χ2n) is 6.45. The number of carbonyl (C=O) groups excluding carboxylic acids is 2. The van der Waals surface area contributed by atoms with Crippen LogP contribution in [0.2, 0.25) is 0 Å². The van der Waals surface area contributed by atoms with E-state index < -0.39 is 0 Å². The maximum absolute atomic E-state index is 10.6. The van der Waals surface area contributed by atoms with E-state index in [2.05, 4.69) is 44.9 Å². The largest absolute Gasteiger partial charge is 0.312 e. The van der Waals surface area contributed by atoms with Crippen LogP contribution in [0, 0.1) is 11.8 Å². The summed E-state index contributed by atoms with van der Waals surface area (Å²) in [5.74, 6) is 1.94. The molecule has 0 radical (unpaired) electrons. The average molecular weight is 360 g/mol. The maximum Gasteiger partial charge on any atom is 0.213 e. The third kappa shape index (κ3) is 3.81. The van der Waals surface area contributed by atoms with Crippen molar-refractivity contribution >= 4 is 35.1 Å². The smallest absolute Gasteiger partial charge is 0.213 e. The van der Waals surface area contributed by atoms with Crippen molar-refractivity contribution in [2.45, 2.75) is 38.5 Å². The van der Waals surface area contributed by atoms with E-state index in [0.29, 0.717) is 35.6 Å². The van der Waals surface area contributed by atoms with Gasteiger partial charge in [0, 0.05) is 11.8 Å². The first-order valence-corrected chi connectivity index (χ1v) is 9.01. The molecule has 1 fully saturated rings. The van der Waals surface area contributed by atoms with Crippen molar-refractivity contribution in [2.75, 3.05) is 10.6 Å². The second kappa shape index (κ2) is 7.64. The molecule has 132 valence electrons. The van der Waals surface area contributed by atoms with Gasteiger partial charge in [0.1, 0.15) is 5.01 Å². The van der Waals surface area contributed by atoms with Gasteiger partial charge in [0.15, 0.2) is 5.82 Å². The highest BCUT2D eigenvalue weighted by Crippen LogP contribution is 2.47. The highest BCUT2D eigenvalue weighted by molar-refractivity contribution is 7.15. The van der Waals surface area contributed by atoms with Crippen LogP contribution in [0.4, 0.5) is 10.9 Å². The average Bonchev–Trinajstić information content (AvgIpc) is 3.05. The molecule has 2 aromatic heterocycles. The van der Waals surface area contributed by atoms with Crippen LogP contribution in [0.3, 0.4) is 0 Å². The summed E-state index contributed by atoms with van der Waals surface area (Å²) in [6.07, 6.45) is 3.17. The first kappa shape index (κ1) is 17.4. The van der Waals surface area contributed by atoms with Crippen molar-refractivity contribution in [2.24, 2.45) is 11.8 Å². The molecule has 0 saturated heterocycles. The minimum Gasteiger partial charge on any atom is -0.312 e. The van der Waals surface area contributed by atoms with Crippen molar-refractivity contribution < 1.29 is 9.59 Å². The monoisotopic (exact) mass is 360 g/mol. The summed E-state index contributed by atoms with van der Waals surface area (Å²) < 4.78 is 0. The fourth-order valence-corrected chi connectivity index (χ4v) is 4.53. The van der Waals surface area contributed by atoms with E-state index in [-0.39, 0.29) is 11.8 Å². The standard InChI is InChI=1S/C16H20N6O2S/c1-9-5-10(2)12(15-21-22-16(25-15)18-8-24)6-11(9)13-3-4-14(17-7-23)20-19-13/h3-4,7-12H,5-6H2,1-2H3,(H,17,20,23)(H,18,22,24)/t9?,10?,11?,12-/m1/s1. The van der Waals surface area contributed by atoms with Gasteiger partial charge in [0.25, 0.3) is 0 Å². The number of anilines is 2. The van der Waals surface area contributed by atoms with Crippen molar-refractivity contribution in [1.82, 2.24) is 20.4 Å². The SMILES string of the molecule is CC1CC(C)[C@H](c2nnc(NC=O)s2)CC1c1ccc(NC=O)nn1. The van der Waals surface area contributed by atoms with Crippen LogP contribution in [0.1, 0.15) is 49.2 Å². The number of nitrogens with zero attached hydrogens (tertiary/aromatic N) is 4. The number of hydrogen-bond acceptors (Lipinski definition) is 7. The van der Waals surface area contributed by atoms with Gasteiger partial charge in [-0.1, -0.05) is 25.2 Å². The zero-order valence-corrected chi connectivity index (χ0v) is 14.9. The van der Waals surface area contributed by atoms with Gasteiger partial charge in [-0.05, 0) is 36.8 Å². The van der Waals surface area contributed by atoms with E-state index in [1.165, 1.54) is 11.3 Å². The van der Waals surface area contributed by atoms with E-state index in [1.54, 1.807) is 6.07 Å². The van der Waals surface area contributed by atoms with E-state index in [0.717, 1.165) is 23.5 Å². The molecule has 2 N–H and O–H groups in total. The number of hydrogen-bond donors (Lipinski definition) is 2. The Kier molecular flexibility index (Phi) is 5.32. The van der Waals surface area contributed by atoms with E-state index >= 15 is 0 Å². The summed E-state index contributed by atoms with van der Waals surface area (Å²) in [5.41, 5.74) is 0.927. The fourth-order valence-electron chi connectivity index (χ4n) is 3.58. The molecule has 0 aliphatic heterocycles. The van der Waals surface area contributed by atoms with Gasteiger partial charge in [0.05, 0.1) is 5.69 Å². The molecule has 9 heteroatoms. The summed E-state index contributed by atoms with van der Waals surface area (Å²) >= 11 is 1.43. The molecular formula is C16H20N6O2S. The van der Waals surface area contributed by atoms with Crippen molar-refractivity contribution in [3.8, 4) is 0 Å². The number of aromatic nitrogens is 4. The Hall–Kier alpha value is -2.42.